The van der Waals surface area contributed by atoms with Crippen molar-refractivity contribution in [3.8, 4) is 22.8 Å². The number of pyridine rings is 1. The number of hydrogen-bond donors (Lipinski definition) is 1. The van der Waals surface area contributed by atoms with Crippen molar-refractivity contribution in [2.75, 3.05) is 27.9 Å². The monoisotopic (exact) mass is 457 g/mol. The summed E-state index contributed by atoms with van der Waals surface area (Å²) >= 11 is 0. The second-order valence-corrected chi connectivity index (χ2v) is 9.52. The molecule has 8 heteroatoms. The zero-order valence-corrected chi connectivity index (χ0v) is 19.7. The van der Waals surface area contributed by atoms with Crippen LogP contribution in [0.1, 0.15) is 48.7 Å². The Morgan fingerprint density at radius 1 is 1.12 bits per heavy atom. The predicted molar refractivity (Wildman–Crippen MR) is 122 cm³/mol. The molecule has 4 rings (SSSR count). The molecule has 0 spiro atoms. The molecule has 2 aliphatic rings. The van der Waals surface area contributed by atoms with Gasteiger partial charge in [-0.05, 0) is 24.1 Å². The number of benzene rings is 1. The molecule has 1 aromatic carbocycles. The number of carboxylic acid groups (broad SMARTS) is 1. The standard InChI is InChI=1S/C25H31NO7/c1-25(2,13-30-3)23-7-14-6-22(33-16-8-15(9-16)31-4)21(32-5)10-17(14)19-11-20(27)18(24(28)29)12-26(19)23/h6,10-12,15-16,23H,7-9,13H2,1-5H3,(H,28,29)/t15-,16-,23?. The maximum atomic E-state index is 12.6. The van der Waals surface area contributed by atoms with Gasteiger partial charge in [-0.2, -0.15) is 0 Å². The van der Waals surface area contributed by atoms with Gasteiger partial charge < -0.3 is 28.6 Å². The summed E-state index contributed by atoms with van der Waals surface area (Å²) in [6, 6.07) is 5.15. The SMILES string of the molecule is COCC(C)(C)C1Cc2cc(O[C@H]3C[C@H](OC)C3)c(OC)cc2-c2cc(=O)c(C(=O)O)cn21. The lowest BCUT2D eigenvalue weighted by atomic mass is 9.77. The molecule has 0 radical (unpaired) electrons. The second kappa shape index (κ2) is 8.83. The zero-order valence-electron chi connectivity index (χ0n) is 19.7. The normalized spacial score (nSPS) is 21.5. The van der Waals surface area contributed by atoms with E-state index in [1.165, 1.54) is 12.3 Å². The van der Waals surface area contributed by atoms with Crippen molar-refractivity contribution in [2.24, 2.45) is 5.41 Å². The Kier molecular flexibility index (Phi) is 6.24. The summed E-state index contributed by atoms with van der Waals surface area (Å²) in [5.74, 6) is 0.00293. The van der Waals surface area contributed by atoms with E-state index in [9.17, 15) is 14.7 Å². The number of aromatic carboxylic acids is 1. The van der Waals surface area contributed by atoms with Crippen LogP contribution < -0.4 is 14.9 Å². The number of ether oxygens (including phenoxy) is 4. The number of methoxy groups -OCH3 is 3. The summed E-state index contributed by atoms with van der Waals surface area (Å²) in [4.78, 5) is 24.3. The van der Waals surface area contributed by atoms with E-state index in [0.717, 1.165) is 24.0 Å². The van der Waals surface area contributed by atoms with Gasteiger partial charge in [0.1, 0.15) is 11.7 Å². The van der Waals surface area contributed by atoms with Gasteiger partial charge in [0.25, 0.3) is 0 Å². The molecule has 0 bridgehead atoms. The third kappa shape index (κ3) is 4.25. The maximum Gasteiger partial charge on any atom is 0.341 e. The molecule has 2 aromatic rings. The van der Waals surface area contributed by atoms with Crippen LogP contribution in [-0.4, -0.2) is 55.8 Å². The van der Waals surface area contributed by atoms with E-state index in [0.29, 0.717) is 30.2 Å². The highest BCUT2D eigenvalue weighted by Crippen LogP contribution is 2.46. The first-order valence-corrected chi connectivity index (χ1v) is 11.1. The molecule has 1 fully saturated rings. The van der Waals surface area contributed by atoms with Gasteiger partial charge in [-0.3, -0.25) is 4.79 Å². The van der Waals surface area contributed by atoms with Crippen molar-refractivity contribution >= 4 is 5.97 Å². The van der Waals surface area contributed by atoms with Crippen LogP contribution in [0.25, 0.3) is 11.3 Å². The van der Waals surface area contributed by atoms with Gasteiger partial charge in [-0.1, -0.05) is 13.8 Å². The fourth-order valence-electron chi connectivity index (χ4n) is 4.86. The fourth-order valence-corrected chi connectivity index (χ4v) is 4.86. The number of hydrogen-bond acceptors (Lipinski definition) is 6. The van der Waals surface area contributed by atoms with Crippen LogP contribution in [-0.2, 0) is 15.9 Å². The minimum absolute atomic E-state index is 0.0688. The molecule has 1 aliphatic heterocycles. The van der Waals surface area contributed by atoms with E-state index in [4.69, 9.17) is 18.9 Å². The smallest absolute Gasteiger partial charge is 0.341 e. The third-order valence-corrected chi connectivity index (χ3v) is 6.82. The lowest BCUT2D eigenvalue weighted by Gasteiger charge is -2.41. The molecule has 0 amide bonds. The maximum absolute atomic E-state index is 12.6. The Balaban J connectivity index is 1.82. The molecular weight excluding hydrogens is 426 g/mol. The summed E-state index contributed by atoms with van der Waals surface area (Å²) in [5.41, 5.74) is 1.42. The highest BCUT2D eigenvalue weighted by molar-refractivity contribution is 5.88. The molecule has 8 nitrogen and oxygen atoms in total. The third-order valence-electron chi connectivity index (χ3n) is 6.82. The Labute approximate surface area is 193 Å². The zero-order chi connectivity index (χ0) is 23.9. The molecule has 2 heterocycles. The first-order valence-electron chi connectivity index (χ1n) is 11.1. The molecule has 178 valence electrons. The molecule has 1 N–H and O–H groups in total. The number of aromatic nitrogens is 1. The number of nitrogens with zero attached hydrogens (tertiary/aromatic N) is 1. The van der Waals surface area contributed by atoms with Crippen molar-refractivity contribution < 1.29 is 28.8 Å². The summed E-state index contributed by atoms with van der Waals surface area (Å²) in [6.07, 6.45) is 4.04. The summed E-state index contributed by atoms with van der Waals surface area (Å²) in [5, 5.41) is 9.54. The molecule has 1 aromatic heterocycles. The van der Waals surface area contributed by atoms with E-state index in [2.05, 4.69) is 13.8 Å². The Bertz CT molecular complexity index is 1110. The van der Waals surface area contributed by atoms with Gasteiger partial charge in [0.05, 0.1) is 25.5 Å². The van der Waals surface area contributed by atoms with Crippen LogP contribution in [0, 0.1) is 5.41 Å². The molecular formula is C25H31NO7. The number of carbonyl (C=O) groups is 1. The van der Waals surface area contributed by atoms with E-state index in [1.54, 1.807) is 21.3 Å². The molecule has 1 atom stereocenters. The van der Waals surface area contributed by atoms with Crippen molar-refractivity contribution in [1.82, 2.24) is 4.57 Å². The fraction of sp³-hybridized carbons (Fsp3) is 0.520. The van der Waals surface area contributed by atoms with Crippen molar-refractivity contribution in [1.29, 1.82) is 0 Å². The Hall–Kier alpha value is -2.84. The number of rotatable bonds is 8. The Morgan fingerprint density at radius 2 is 1.85 bits per heavy atom. The quantitative estimate of drug-likeness (QED) is 0.648. The summed E-state index contributed by atoms with van der Waals surface area (Å²) < 4.78 is 24.6. The first-order chi connectivity index (χ1) is 15.7. The molecule has 1 saturated carbocycles. The Morgan fingerprint density at radius 3 is 2.45 bits per heavy atom. The minimum Gasteiger partial charge on any atom is -0.493 e. The van der Waals surface area contributed by atoms with E-state index >= 15 is 0 Å². The average molecular weight is 458 g/mol. The van der Waals surface area contributed by atoms with Crippen LogP contribution in [0.5, 0.6) is 11.5 Å². The van der Waals surface area contributed by atoms with Crippen LogP contribution in [0.15, 0.2) is 29.2 Å². The van der Waals surface area contributed by atoms with E-state index < -0.39 is 11.4 Å². The highest BCUT2D eigenvalue weighted by atomic mass is 16.5. The number of fused-ring (bicyclic) bond motifs is 3. The lowest BCUT2D eigenvalue weighted by molar-refractivity contribution is -0.0388. The summed E-state index contributed by atoms with van der Waals surface area (Å²) in [7, 11) is 4.94. The van der Waals surface area contributed by atoms with Crippen molar-refractivity contribution in [3.63, 3.8) is 0 Å². The van der Waals surface area contributed by atoms with Crippen LogP contribution in [0.2, 0.25) is 0 Å². The van der Waals surface area contributed by atoms with Gasteiger partial charge in [-0.15, -0.1) is 0 Å². The molecule has 1 unspecified atom stereocenters. The lowest BCUT2D eigenvalue weighted by Crippen LogP contribution is -2.39. The van der Waals surface area contributed by atoms with Crippen molar-refractivity contribution in [3.05, 3.63) is 45.7 Å². The minimum atomic E-state index is -1.24. The molecule has 33 heavy (non-hydrogen) atoms. The topological polar surface area (TPSA) is 96.2 Å². The van der Waals surface area contributed by atoms with E-state index in [-0.39, 0.29) is 29.2 Å². The van der Waals surface area contributed by atoms with Crippen molar-refractivity contribution in [2.45, 2.75) is 51.4 Å². The van der Waals surface area contributed by atoms with E-state index in [1.807, 2.05) is 16.7 Å². The van der Waals surface area contributed by atoms with Gasteiger partial charge in [0.15, 0.2) is 16.9 Å². The number of carboxylic acids is 1. The average Bonchev–Trinajstić information content (AvgIpc) is 2.74. The van der Waals surface area contributed by atoms with Crippen LogP contribution in [0.4, 0.5) is 0 Å². The molecule has 1 aliphatic carbocycles. The first kappa shape index (κ1) is 23.3. The highest BCUT2D eigenvalue weighted by Gasteiger charge is 2.38. The van der Waals surface area contributed by atoms with Gasteiger partial charge in [-0.25, -0.2) is 4.79 Å². The largest absolute Gasteiger partial charge is 0.493 e. The predicted octanol–water partition coefficient (Wildman–Crippen LogP) is 3.55. The summed E-state index contributed by atoms with van der Waals surface area (Å²) in [6.45, 7) is 4.63. The molecule has 0 saturated heterocycles. The second-order valence-electron chi connectivity index (χ2n) is 9.52. The van der Waals surface area contributed by atoms with Crippen LogP contribution >= 0.6 is 0 Å². The van der Waals surface area contributed by atoms with Gasteiger partial charge >= 0.3 is 5.97 Å². The van der Waals surface area contributed by atoms with Crippen LogP contribution in [0.3, 0.4) is 0 Å². The van der Waals surface area contributed by atoms with Gasteiger partial charge in [0.2, 0.25) is 0 Å². The van der Waals surface area contributed by atoms with Gasteiger partial charge in [0, 0.05) is 56.3 Å².